The number of amides is 4. The van der Waals surface area contributed by atoms with Crippen LogP contribution in [0.1, 0.15) is 36.6 Å². The number of imide groups is 1. The fourth-order valence-electron chi connectivity index (χ4n) is 4.02. The number of carbonyl (C=O) groups excluding carboxylic acids is 3. The summed E-state index contributed by atoms with van der Waals surface area (Å²) in [6, 6.07) is 5.89. The summed E-state index contributed by atoms with van der Waals surface area (Å²) in [6.45, 7) is 0.176. The SMILES string of the molecule is O=C1NC2(CCCC2)C(=O)N1CC(=O)N1CCSC1c1ccccc1F. The molecule has 6 nitrogen and oxygen atoms in total. The normalized spacial score (nSPS) is 24.6. The minimum absolute atomic E-state index is 0.294. The third-order valence-electron chi connectivity index (χ3n) is 5.38. The van der Waals surface area contributed by atoms with Crippen molar-refractivity contribution >= 4 is 29.6 Å². The molecule has 1 N–H and O–H groups in total. The minimum Gasteiger partial charge on any atom is -0.324 e. The fourth-order valence-corrected chi connectivity index (χ4v) is 5.32. The van der Waals surface area contributed by atoms with E-state index in [2.05, 4.69) is 5.32 Å². The quantitative estimate of drug-likeness (QED) is 0.821. The lowest BCUT2D eigenvalue weighted by Crippen LogP contribution is -2.46. The van der Waals surface area contributed by atoms with Gasteiger partial charge in [-0.1, -0.05) is 31.0 Å². The van der Waals surface area contributed by atoms with E-state index in [-0.39, 0.29) is 24.2 Å². The van der Waals surface area contributed by atoms with Gasteiger partial charge in [0.2, 0.25) is 5.91 Å². The lowest BCUT2D eigenvalue weighted by atomic mass is 9.98. The Balaban J connectivity index is 1.50. The summed E-state index contributed by atoms with van der Waals surface area (Å²) >= 11 is 1.49. The van der Waals surface area contributed by atoms with Gasteiger partial charge in [-0.3, -0.25) is 14.5 Å². The molecular weight excluding hydrogens is 357 g/mol. The van der Waals surface area contributed by atoms with Gasteiger partial charge < -0.3 is 10.2 Å². The number of hydrogen-bond donors (Lipinski definition) is 1. The van der Waals surface area contributed by atoms with Gasteiger partial charge in [0.05, 0.1) is 0 Å². The van der Waals surface area contributed by atoms with Crippen LogP contribution in [-0.4, -0.2) is 52.0 Å². The van der Waals surface area contributed by atoms with Gasteiger partial charge in [-0.05, 0) is 18.9 Å². The van der Waals surface area contributed by atoms with Crippen molar-refractivity contribution in [2.45, 2.75) is 36.6 Å². The third kappa shape index (κ3) is 2.76. The van der Waals surface area contributed by atoms with Gasteiger partial charge in [0, 0.05) is 17.9 Å². The van der Waals surface area contributed by atoms with E-state index >= 15 is 0 Å². The number of benzene rings is 1. The molecule has 1 unspecified atom stereocenters. The van der Waals surface area contributed by atoms with Crippen LogP contribution in [0.25, 0.3) is 0 Å². The first kappa shape index (κ1) is 17.3. The number of hydrogen-bond acceptors (Lipinski definition) is 4. The van der Waals surface area contributed by atoms with Crippen molar-refractivity contribution in [1.29, 1.82) is 0 Å². The van der Waals surface area contributed by atoms with Gasteiger partial charge in [-0.2, -0.15) is 0 Å². The molecule has 4 amide bonds. The summed E-state index contributed by atoms with van der Waals surface area (Å²) in [5, 5.41) is 2.35. The number of urea groups is 1. The Morgan fingerprint density at radius 1 is 1.27 bits per heavy atom. The fraction of sp³-hybridized carbons (Fsp3) is 0.500. The third-order valence-corrected chi connectivity index (χ3v) is 6.62. The highest BCUT2D eigenvalue weighted by atomic mass is 32.2. The van der Waals surface area contributed by atoms with Crippen LogP contribution in [0.5, 0.6) is 0 Å². The number of carbonyl (C=O) groups is 3. The van der Waals surface area contributed by atoms with Gasteiger partial charge in [0.15, 0.2) is 0 Å². The molecule has 1 aromatic carbocycles. The Bertz CT molecular complexity index is 766. The molecule has 3 aliphatic rings. The molecule has 1 aliphatic carbocycles. The highest BCUT2D eigenvalue weighted by molar-refractivity contribution is 7.99. The number of nitrogens with one attached hydrogen (secondary N) is 1. The number of thioether (sulfide) groups is 1. The van der Waals surface area contributed by atoms with Gasteiger partial charge in [0.25, 0.3) is 5.91 Å². The van der Waals surface area contributed by atoms with Crippen LogP contribution in [0.3, 0.4) is 0 Å². The van der Waals surface area contributed by atoms with Gasteiger partial charge >= 0.3 is 6.03 Å². The van der Waals surface area contributed by atoms with Crippen molar-refractivity contribution < 1.29 is 18.8 Å². The number of nitrogens with zero attached hydrogens (tertiary/aromatic N) is 2. The maximum Gasteiger partial charge on any atom is 0.325 e. The highest BCUT2D eigenvalue weighted by Gasteiger charge is 2.53. The zero-order valence-corrected chi connectivity index (χ0v) is 15.1. The minimum atomic E-state index is -0.817. The van der Waals surface area contributed by atoms with E-state index in [1.807, 2.05) is 0 Å². The average Bonchev–Trinajstić information content (AvgIpc) is 3.33. The topological polar surface area (TPSA) is 69.7 Å². The maximum absolute atomic E-state index is 14.1. The molecule has 0 radical (unpaired) electrons. The predicted molar refractivity (Wildman–Crippen MR) is 94.8 cm³/mol. The lowest BCUT2D eigenvalue weighted by molar-refractivity contribution is -0.139. The zero-order chi connectivity index (χ0) is 18.3. The molecule has 1 spiro atoms. The van der Waals surface area contributed by atoms with E-state index in [1.54, 1.807) is 23.1 Å². The summed E-state index contributed by atoms with van der Waals surface area (Å²) in [6.07, 6.45) is 3.04. The van der Waals surface area contributed by atoms with Crippen LogP contribution >= 0.6 is 11.8 Å². The average molecular weight is 377 g/mol. The van der Waals surface area contributed by atoms with Crippen LogP contribution in [0.15, 0.2) is 24.3 Å². The molecule has 2 aliphatic heterocycles. The zero-order valence-electron chi connectivity index (χ0n) is 14.2. The van der Waals surface area contributed by atoms with E-state index in [4.69, 9.17) is 0 Å². The Morgan fingerprint density at radius 3 is 2.73 bits per heavy atom. The van der Waals surface area contributed by atoms with Crippen molar-refractivity contribution in [3.05, 3.63) is 35.6 Å². The largest absolute Gasteiger partial charge is 0.325 e. The van der Waals surface area contributed by atoms with Crippen LogP contribution < -0.4 is 5.32 Å². The van der Waals surface area contributed by atoms with E-state index in [0.717, 1.165) is 17.7 Å². The monoisotopic (exact) mass is 377 g/mol. The molecule has 8 heteroatoms. The summed E-state index contributed by atoms with van der Waals surface area (Å²) in [5.74, 6) is -0.302. The first-order chi connectivity index (χ1) is 12.5. The molecule has 138 valence electrons. The van der Waals surface area contributed by atoms with Gasteiger partial charge in [0.1, 0.15) is 23.3 Å². The van der Waals surface area contributed by atoms with E-state index < -0.39 is 16.9 Å². The molecule has 0 aromatic heterocycles. The molecule has 2 heterocycles. The van der Waals surface area contributed by atoms with Crippen molar-refractivity contribution in [3.8, 4) is 0 Å². The molecule has 2 saturated heterocycles. The van der Waals surface area contributed by atoms with Crippen molar-refractivity contribution in [2.75, 3.05) is 18.8 Å². The first-order valence-electron chi connectivity index (χ1n) is 8.81. The molecule has 1 atom stereocenters. The molecule has 1 aromatic rings. The Kier molecular flexibility index (Phi) is 4.38. The molecule has 1 saturated carbocycles. The standard InChI is InChI=1S/C18H20FN3O3S/c19-13-6-2-1-5-12(13)15-21(9-10-26-15)14(23)11-22-16(24)18(20-17(22)25)7-3-4-8-18/h1-2,5-6,15H,3-4,7-11H2,(H,20,25). The number of halogens is 1. The second-order valence-electron chi connectivity index (χ2n) is 6.94. The van der Waals surface area contributed by atoms with Crippen LogP contribution in [0, 0.1) is 5.82 Å². The summed E-state index contributed by atoms with van der Waals surface area (Å²) < 4.78 is 14.1. The smallest absolute Gasteiger partial charge is 0.324 e. The van der Waals surface area contributed by atoms with Crippen LogP contribution in [0.2, 0.25) is 0 Å². The second kappa shape index (κ2) is 6.57. The lowest BCUT2D eigenvalue weighted by Gasteiger charge is -2.26. The van der Waals surface area contributed by atoms with E-state index in [1.165, 1.54) is 17.8 Å². The van der Waals surface area contributed by atoms with Crippen molar-refractivity contribution in [1.82, 2.24) is 15.1 Å². The molecule has 4 rings (SSSR count). The Morgan fingerprint density at radius 2 is 2.00 bits per heavy atom. The molecular formula is C18H20FN3O3S. The second-order valence-corrected chi connectivity index (χ2v) is 8.13. The Hall–Kier alpha value is -2.09. The highest BCUT2D eigenvalue weighted by Crippen LogP contribution is 2.39. The summed E-state index contributed by atoms with van der Waals surface area (Å²) in [7, 11) is 0. The van der Waals surface area contributed by atoms with Gasteiger partial charge in [-0.25, -0.2) is 9.18 Å². The molecule has 3 fully saturated rings. The first-order valence-corrected chi connectivity index (χ1v) is 9.86. The van der Waals surface area contributed by atoms with E-state index in [0.29, 0.717) is 30.7 Å². The van der Waals surface area contributed by atoms with Gasteiger partial charge in [-0.15, -0.1) is 11.8 Å². The van der Waals surface area contributed by atoms with Crippen LogP contribution in [0.4, 0.5) is 9.18 Å². The predicted octanol–water partition coefficient (Wildman–Crippen LogP) is 2.26. The summed E-state index contributed by atoms with van der Waals surface area (Å²) in [4.78, 5) is 40.4. The van der Waals surface area contributed by atoms with Crippen LogP contribution in [-0.2, 0) is 9.59 Å². The maximum atomic E-state index is 14.1. The molecule has 0 bridgehead atoms. The summed E-state index contributed by atoms with van der Waals surface area (Å²) in [5.41, 5.74) is -0.366. The van der Waals surface area contributed by atoms with Crippen molar-refractivity contribution in [3.63, 3.8) is 0 Å². The van der Waals surface area contributed by atoms with Crippen molar-refractivity contribution in [2.24, 2.45) is 0 Å². The van der Waals surface area contributed by atoms with E-state index in [9.17, 15) is 18.8 Å². The Labute approximate surface area is 155 Å². The molecule has 26 heavy (non-hydrogen) atoms. The number of rotatable bonds is 3.